The zero-order valence-corrected chi connectivity index (χ0v) is 24.4. The van der Waals surface area contributed by atoms with Gasteiger partial charge in [0.1, 0.15) is 11.8 Å². The third kappa shape index (κ3) is 5.43. The van der Waals surface area contributed by atoms with Gasteiger partial charge in [0.25, 0.3) is 0 Å². The van der Waals surface area contributed by atoms with Gasteiger partial charge >= 0.3 is 6.18 Å². The van der Waals surface area contributed by atoms with Crippen LogP contribution < -0.4 is 10.6 Å². The molecule has 1 unspecified atom stereocenters. The molecule has 6 rings (SSSR count). The number of hydrogen-bond acceptors (Lipinski definition) is 7. The van der Waals surface area contributed by atoms with E-state index in [9.17, 15) is 18.4 Å². The molecule has 220 valence electrons. The Bertz CT molecular complexity index is 1880. The third-order valence-electron chi connectivity index (χ3n) is 7.59. The van der Waals surface area contributed by atoms with Crippen molar-refractivity contribution >= 4 is 44.8 Å². The van der Waals surface area contributed by atoms with Gasteiger partial charge in [-0.2, -0.15) is 18.4 Å². The SMILES string of the molecule is CC(C)(C)CNc1c(C#N)cnc2c(Cl)cc(NC(c3cnc4ccccc4c3)c3cn(C4(C(F)(F)F)CC4)nn3)cc12. The minimum atomic E-state index is -4.45. The number of nitrogens with zero attached hydrogens (tertiary/aromatic N) is 6. The molecule has 2 N–H and O–H groups in total. The summed E-state index contributed by atoms with van der Waals surface area (Å²) in [5, 5.41) is 26.6. The minimum absolute atomic E-state index is 0.0478. The lowest BCUT2D eigenvalue weighted by Crippen LogP contribution is -2.35. The first kappa shape index (κ1) is 28.7. The van der Waals surface area contributed by atoms with E-state index in [2.05, 4.69) is 57.8 Å². The van der Waals surface area contributed by atoms with Crippen LogP contribution in [0.5, 0.6) is 0 Å². The number of halogens is 4. The van der Waals surface area contributed by atoms with Crippen molar-refractivity contribution in [3.05, 3.63) is 82.9 Å². The molecule has 0 radical (unpaired) electrons. The zero-order valence-electron chi connectivity index (χ0n) is 23.7. The number of anilines is 2. The fourth-order valence-corrected chi connectivity index (χ4v) is 5.36. The van der Waals surface area contributed by atoms with Crippen LogP contribution in [0.15, 0.2) is 61.1 Å². The average molecular weight is 605 g/mol. The molecule has 2 aromatic carbocycles. The highest BCUT2D eigenvalue weighted by Crippen LogP contribution is 2.55. The fourth-order valence-electron chi connectivity index (χ4n) is 5.09. The number of rotatable bonds is 7. The predicted molar refractivity (Wildman–Crippen MR) is 160 cm³/mol. The normalized spacial score (nSPS) is 15.3. The highest BCUT2D eigenvalue weighted by Gasteiger charge is 2.66. The Balaban J connectivity index is 1.46. The van der Waals surface area contributed by atoms with Gasteiger partial charge in [0.05, 0.1) is 39.5 Å². The van der Waals surface area contributed by atoms with Crippen LogP contribution in [0.25, 0.3) is 21.8 Å². The summed E-state index contributed by atoms with van der Waals surface area (Å²) in [5.41, 5.74) is 1.67. The van der Waals surface area contributed by atoms with Crippen molar-refractivity contribution in [2.24, 2.45) is 5.41 Å². The van der Waals surface area contributed by atoms with E-state index in [-0.39, 0.29) is 18.3 Å². The van der Waals surface area contributed by atoms with Gasteiger partial charge in [-0.3, -0.25) is 9.97 Å². The van der Waals surface area contributed by atoms with Gasteiger partial charge in [0, 0.05) is 35.4 Å². The number of hydrogen-bond donors (Lipinski definition) is 2. The number of nitriles is 1. The molecule has 1 fully saturated rings. The summed E-state index contributed by atoms with van der Waals surface area (Å²) >= 11 is 6.71. The molecule has 1 aliphatic rings. The summed E-state index contributed by atoms with van der Waals surface area (Å²) in [7, 11) is 0. The fraction of sp³-hybridized carbons (Fsp3) is 0.323. The summed E-state index contributed by atoms with van der Waals surface area (Å²) in [6, 6.07) is 14.5. The quantitative estimate of drug-likeness (QED) is 0.197. The molecular weight excluding hydrogens is 577 g/mol. The molecule has 43 heavy (non-hydrogen) atoms. The van der Waals surface area contributed by atoms with Gasteiger partial charge in [0.2, 0.25) is 0 Å². The predicted octanol–water partition coefficient (Wildman–Crippen LogP) is 7.61. The van der Waals surface area contributed by atoms with Crippen LogP contribution in [0.3, 0.4) is 0 Å². The molecule has 3 heterocycles. The van der Waals surface area contributed by atoms with E-state index in [0.29, 0.717) is 50.7 Å². The van der Waals surface area contributed by atoms with Crippen LogP contribution in [0.1, 0.15) is 56.5 Å². The Morgan fingerprint density at radius 1 is 1.09 bits per heavy atom. The second-order valence-corrected chi connectivity index (χ2v) is 12.5. The molecule has 0 aliphatic heterocycles. The molecule has 0 spiro atoms. The van der Waals surface area contributed by atoms with Gasteiger partial charge in [-0.05, 0) is 48.1 Å². The van der Waals surface area contributed by atoms with Crippen molar-refractivity contribution in [1.29, 1.82) is 5.26 Å². The summed E-state index contributed by atoms with van der Waals surface area (Å²) in [6.07, 6.45) is -0.0328. The third-order valence-corrected chi connectivity index (χ3v) is 7.88. The van der Waals surface area contributed by atoms with Crippen molar-refractivity contribution in [1.82, 2.24) is 25.0 Å². The lowest BCUT2D eigenvalue weighted by Gasteiger charge is -2.22. The van der Waals surface area contributed by atoms with Crippen molar-refractivity contribution in [3.8, 4) is 6.07 Å². The molecule has 0 bridgehead atoms. The Morgan fingerprint density at radius 3 is 2.56 bits per heavy atom. The van der Waals surface area contributed by atoms with E-state index >= 15 is 0 Å². The Hall–Kier alpha value is -4.43. The maximum absolute atomic E-state index is 13.9. The van der Waals surface area contributed by atoms with E-state index < -0.39 is 17.8 Å². The monoisotopic (exact) mass is 604 g/mol. The molecule has 0 amide bonds. The number of aromatic nitrogens is 5. The van der Waals surface area contributed by atoms with Gasteiger partial charge < -0.3 is 10.6 Å². The first-order valence-corrected chi connectivity index (χ1v) is 14.1. The Morgan fingerprint density at radius 2 is 1.86 bits per heavy atom. The van der Waals surface area contributed by atoms with Gasteiger partial charge in [-0.25, -0.2) is 4.68 Å². The Labute approximate surface area is 250 Å². The molecule has 12 heteroatoms. The van der Waals surface area contributed by atoms with Crippen molar-refractivity contribution in [2.45, 2.75) is 51.4 Å². The molecule has 1 aliphatic carbocycles. The van der Waals surface area contributed by atoms with Crippen LogP contribution >= 0.6 is 11.6 Å². The van der Waals surface area contributed by atoms with Crippen molar-refractivity contribution in [2.75, 3.05) is 17.2 Å². The minimum Gasteiger partial charge on any atom is -0.383 e. The standard InChI is InChI=1S/C31H28ClF3N8/c1-29(2,3)17-39-26-20(13-36)15-38-28-22(26)11-21(12-23(28)32)40-27(19-10-18-6-4-5-7-24(18)37-14-19)25-16-43(42-41-25)30(8-9-30)31(33,34)35/h4-7,10-12,14-16,27,40H,8-9,17H2,1-3H3,(H,38,39). The first-order chi connectivity index (χ1) is 20.4. The van der Waals surface area contributed by atoms with Gasteiger partial charge in [-0.15, -0.1) is 5.10 Å². The highest BCUT2D eigenvalue weighted by molar-refractivity contribution is 6.35. The molecule has 5 aromatic rings. The summed E-state index contributed by atoms with van der Waals surface area (Å²) in [5.74, 6) is 0. The van der Waals surface area contributed by atoms with Crippen molar-refractivity contribution < 1.29 is 13.2 Å². The summed E-state index contributed by atoms with van der Waals surface area (Å²) in [4.78, 5) is 8.99. The molecule has 1 saturated carbocycles. The maximum Gasteiger partial charge on any atom is 0.413 e. The van der Waals surface area contributed by atoms with E-state index in [4.69, 9.17) is 11.6 Å². The van der Waals surface area contributed by atoms with Crippen LogP contribution in [0.2, 0.25) is 5.02 Å². The molecule has 1 atom stereocenters. The van der Waals surface area contributed by atoms with E-state index in [0.717, 1.165) is 15.6 Å². The van der Waals surface area contributed by atoms with E-state index in [1.165, 1.54) is 12.4 Å². The number of nitrogens with one attached hydrogen (secondary N) is 2. The second-order valence-electron chi connectivity index (χ2n) is 12.1. The maximum atomic E-state index is 13.9. The summed E-state index contributed by atoms with van der Waals surface area (Å²) < 4.78 is 42.6. The highest BCUT2D eigenvalue weighted by atomic mass is 35.5. The van der Waals surface area contributed by atoms with E-state index in [1.54, 1.807) is 12.3 Å². The number of para-hydroxylation sites is 1. The molecule has 3 aromatic heterocycles. The lowest BCUT2D eigenvalue weighted by molar-refractivity contribution is -0.182. The zero-order chi connectivity index (χ0) is 30.6. The lowest BCUT2D eigenvalue weighted by atomic mass is 9.96. The van der Waals surface area contributed by atoms with Crippen LogP contribution in [0, 0.1) is 16.7 Å². The molecule has 0 saturated heterocycles. The van der Waals surface area contributed by atoms with Crippen LogP contribution in [0.4, 0.5) is 24.5 Å². The topological polar surface area (TPSA) is 104 Å². The van der Waals surface area contributed by atoms with E-state index in [1.807, 2.05) is 36.4 Å². The number of pyridine rings is 2. The largest absolute Gasteiger partial charge is 0.413 e. The van der Waals surface area contributed by atoms with Crippen LogP contribution in [-0.2, 0) is 5.54 Å². The van der Waals surface area contributed by atoms with Crippen LogP contribution in [-0.4, -0.2) is 37.7 Å². The number of fused-ring (bicyclic) bond motifs is 2. The second kappa shape index (κ2) is 10.4. The summed E-state index contributed by atoms with van der Waals surface area (Å²) in [6.45, 7) is 6.82. The van der Waals surface area contributed by atoms with Gasteiger partial charge in [-0.1, -0.05) is 55.8 Å². The Kier molecular flexibility index (Phi) is 6.92. The smallest absolute Gasteiger partial charge is 0.383 e. The van der Waals surface area contributed by atoms with Gasteiger partial charge in [0.15, 0.2) is 5.54 Å². The van der Waals surface area contributed by atoms with Crippen molar-refractivity contribution in [3.63, 3.8) is 0 Å². The molecule has 8 nitrogen and oxygen atoms in total. The first-order valence-electron chi connectivity index (χ1n) is 13.8. The molecular formula is C31H28ClF3N8. The number of benzene rings is 2. The number of alkyl halides is 3. The average Bonchev–Trinajstić information content (AvgIpc) is 3.65.